The Hall–Kier alpha value is -2.30. The van der Waals surface area contributed by atoms with E-state index in [1.807, 2.05) is 52.1 Å². The van der Waals surface area contributed by atoms with Crippen molar-refractivity contribution in [2.45, 2.75) is 52.4 Å². The van der Waals surface area contributed by atoms with Crippen LogP contribution in [0.1, 0.15) is 39.1 Å². The average Bonchev–Trinajstić information content (AvgIpc) is 3.08. The highest BCUT2D eigenvalue weighted by Gasteiger charge is 2.34. The van der Waals surface area contributed by atoms with Crippen LogP contribution in [-0.4, -0.2) is 57.8 Å². The molecular formula is C22H33IN6O2. The fourth-order valence-electron chi connectivity index (χ4n) is 3.12. The quantitative estimate of drug-likeness (QED) is 0.334. The molecule has 8 nitrogen and oxygen atoms in total. The van der Waals surface area contributed by atoms with Gasteiger partial charge in [-0.15, -0.1) is 24.0 Å². The zero-order valence-corrected chi connectivity index (χ0v) is 21.0. The molecule has 0 saturated carbocycles. The van der Waals surface area contributed by atoms with Gasteiger partial charge < -0.3 is 24.8 Å². The first-order chi connectivity index (χ1) is 14.3. The molecule has 1 fully saturated rings. The van der Waals surface area contributed by atoms with E-state index in [0.717, 1.165) is 24.9 Å². The molecule has 170 valence electrons. The standard InChI is InChI=1S/C22H32N6O2.HI/c1-5-23-20(26-18-15-28(16-18)21(29)30-22(2,3)4)25-13-19-24-11-12-27(19)14-17-9-7-6-8-10-17;/h6-12,18H,5,13-16H2,1-4H3,(H2,23,25,26);1H. The smallest absolute Gasteiger partial charge is 0.410 e. The number of hydrogen-bond donors (Lipinski definition) is 2. The minimum absolute atomic E-state index is 0. The van der Waals surface area contributed by atoms with Gasteiger partial charge in [-0.1, -0.05) is 30.3 Å². The maximum atomic E-state index is 12.1. The zero-order valence-electron chi connectivity index (χ0n) is 18.7. The highest BCUT2D eigenvalue weighted by molar-refractivity contribution is 14.0. The molecule has 1 saturated heterocycles. The van der Waals surface area contributed by atoms with Crippen molar-refractivity contribution >= 4 is 36.0 Å². The second-order valence-electron chi connectivity index (χ2n) is 8.38. The number of aromatic nitrogens is 2. The van der Waals surface area contributed by atoms with Gasteiger partial charge >= 0.3 is 6.09 Å². The number of halogens is 1. The van der Waals surface area contributed by atoms with Gasteiger partial charge in [0.1, 0.15) is 18.0 Å². The van der Waals surface area contributed by atoms with Crippen LogP contribution in [0.25, 0.3) is 0 Å². The van der Waals surface area contributed by atoms with Gasteiger partial charge in [0.15, 0.2) is 5.96 Å². The minimum atomic E-state index is -0.479. The van der Waals surface area contributed by atoms with E-state index in [0.29, 0.717) is 19.6 Å². The summed E-state index contributed by atoms with van der Waals surface area (Å²) in [5, 5.41) is 6.65. The first-order valence-electron chi connectivity index (χ1n) is 10.4. The van der Waals surface area contributed by atoms with E-state index in [2.05, 4.69) is 37.3 Å². The molecule has 0 atom stereocenters. The highest BCUT2D eigenvalue weighted by Crippen LogP contribution is 2.15. The molecule has 9 heteroatoms. The summed E-state index contributed by atoms with van der Waals surface area (Å²) in [5.74, 6) is 1.63. The molecule has 1 amide bonds. The minimum Gasteiger partial charge on any atom is -0.444 e. The molecule has 2 N–H and O–H groups in total. The maximum Gasteiger partial charge on any atom is 0.410 e. The molecule has 2 aromatic rings. The van der Waals surface area contributed by atoms with E-state index in [1.165, 1.54) is 5.56 Å². The van der Waals surface area contributed by atoms with E-state index in [4.69, 9.17) is 4.74 Å². The van der Waals surface area contributed by atoms with Gasteiger partial charge in [0, 0.05) is 38.6 Å². The number of guanidine groups is 1. The van der Waals surface area contributed by atoms with Crippen molar-refractivity contribution in [1.29, 1.82) is 0 Å². The van der Waals surface area contributed by atoms with Crippen LogP contribution in [0.4, 0.5) is 4.79 Å². The summed E-state index contributed by atoms with van der Waals surface area (Å²) < 4.78 is 7.51. The first-order valence-corrected chi connectivity index (χ1v) is 10.4. The number of carbonyl (C=O) groups is 1. The molecule has 1 aliphatic heterocycles. The Morgan fingerprint density at radius 1 is 1.26 bits per heavy atom. The molecule has 1 aliphatic rings. The van der Waals surface area contributed by atoms with Gasteiger partial charge in [-0.2, -0.15) is 0 Å². The monoisotopic (exact) mass is 540 g/mol. The van der Waals surface area contributed by atoms with Crippen molar-refractivity contribution in [2.24, 2.45) is 4.99 Å². The second kappa shape index (κ2) is 11.4. The number of carbonyl (C=O) groups excluding carboxylic acids is 1. The predicted octanol–water partition coefficient (Wildman–Crippen LogP) is 3.22. The van der Waals surface area contributed by atoms with Crippen LogP contribution < -0.4 is 10.6 Å². The molecular weight excluding hydrogens is 507 g/mol. The molecule has 0 radical (unpaired) electrons. The molecule has 1 aromatic carbocycles. The van der Waals surface area contributed by atoms with Gasteiger partial charge in [0.2, 0.25) is 0 Å². The number of imidazole rings is 1. The number of aliphatic imine (C=N–C) groups is 1. The molecule has 1 aromatic heterocycles. The number of rotatable bonds is 6. The summed E-state index contributed by atoms with van der Waals surface area (Å²) in [6, 6.07) is 10.4. The van der Waals surface area contributed by atoms with Crippen LogP contribution >= 0.6 is 24.0 Å². The summed E-state index contributed by atoms with van der Waals surface area (Å²) in [7, 11) is 0. The number of amides is 1. The van der Waals surface area contributed by atoms with E-state index in [-0.39, 0.29) is 36.1 Å². The predicted molar refractivity (Wildman–Crippen MR) is 133 cm³/mol. The topological polar surface area (TPSA) is 83.8 Å². The van der Waals surface area contributed by atoms with Gasteiger partial charge in [-0.25, -0.2) is 14.8 Å². The summed E-state index contributed by atoms with van der Waals surface area (Å²) in [6.45, 7) is 10.8. The number of hydrogen-bond acceptors (Lipinski definition) is 4. The van der Waals surface area contributed by atoms with Crippen molar-refractivity contribution in [3.63, 3.8) is 0 Å². The Bertz CT molecular complexity index is 856. The lowest BCUT2D eigenvalue weighted by atomic mass is 10.1. The van der Waals surface area contributed by atoms with Gasteiger partial charge in [-0.3, -0.25) is 0 Å². The number of benzene rings is 1. The van der Waals surface area contributed by atoms with Crippen molar-refractivity contribution in [3.8, 4) is 0 Å². The fourth-order valence-corrected chi connectivity index (χ4v) is 3.12. The van der Waals surface area contributed by atoms with Gasteiger partial charge in [0.25, 0.3) is 0 Å². The summed E-state index contributed by atoms with van der Waals surface area (Å²) in [5.41, 5.74) is 0.746. The molecule has 0 aliphatic carbocycles. The average molecular weight is 540 g/mol. The van der Waals surface area contributed by atoms with E-state index < -0.39 is 5.60 Å². The van der Waals surface area contributed by atoms with Gasteiger partial charge in [-0.05, 0) is 33.3 Å². The number of ether oxygens (including phenoxy) is 1. The molecule has 0 bridgehead atoms. The number of likely N-dealkylation sites (tertiary alicyclic amines) is 1. The summed E-state index contributed by atoms with van der Waals surface area (Å²) in [6.07, 6.45) is 3.51. The van der Waals surface area contributed by atoms with Gasteiger partial charge in [0.05, 0.1) is 6.04 Å². The van der Waals surface area contributed by atoms with Crippen molar-refractivity contribution in [2.75, 3.05) is 19.6 Å². The third-order valence-electron chi connectivity index (χ3n) is 4.59. The van der Waals surface area contributed by atoms with E-state index in [1.54, 1.807) is 11.1 Å². The first kappa shape index (κ1) is 25.0. The van der Waals surface area contributed by atoms with Crippen LogP contribution in [0.2, 0.25) is 0 Å². The van der Waals surface area contributed by atoms with E-state index >= 15 is 0 Å². The Labute approximate surface area is 201 Å². The third kappa shape index (κ3) is 7.71. The molecule has 3 rings (SSSR count). The lowest BCUT2D eigenvalue weighted by molar-refractivity contribution is 0.00700. The Balaban J connectivity index is 0.00000341. The zero-order chi connectivity index (χ0) is 21.6. The summed E-state index contributed by atoms with van der Waals surface area (Å²) >= 11 is 0. The lowest BCUT2D eigenvalue weighted by Crippen LogP contribution is -2.63. The van der Waals surface area contributed by atoms with Crippen molar-refractivity contribution < 1.29 is 9.53 Å². The largest absolute Gasteiger partial charge is 0.444 e. The lowest BCUT2D eigenvalue weighted by Gasteiger charge is -2.40. The van der Waals surface area contributed by atoms with Crippen LogP contribution in [0.5, 0.6) is 0 Å². The molecule has 2 heterocycles. The normalized spacial score (nSPS) is 14.5. The van der Waals surface area contributed by atoms with E-state index in [9.17, 15) is 4.79 Å². The maximum absolute atomic E-state index is 12.1. The Kier molecular flexibility index (Phi) is 9.15. The highest BCUT2D eigenvalue weighted by atomic mass is 127. The molecule has 31 heavy (non-hydrogen) atoms. The third-order valence-corrected chi connectivity index (χ3v) is 4.59. The van der Waals surface area contributed by atoms with Crippen molar-refractivity contribution in [3.05, 3.63) is 54.1 Å². The van der Waals surface area contributed by atoms with Crippen molar-refractivity contribution in [1.82, 2.24) is 25.1 Å². The van der Waals surface area contributed by atoms with Crippen LogP contribution in [-0.2, 0) is 17.8 Å². The molecule has 0 unspecified atom stereocenters. The Morgan fingerprint density at radius 3 is 2.61 bits per heavy atom. The second-order valence-corrected chi connectivity index (χ2v) is 8.38. The fraction of sp³-hybridized carbons (Fsp3) is 0.500. The number of nitrogens with zero attached hydrogens (tertiary/aromatic N) is 4. The van der Waals surface area contributed by atoms with Crippen LogP contribution in [0, 0.1) is 0 Å². The number of nitrogens with one attached hydrogen (secondary N) is 2. The van der Waals surface area contributed by atoms with Crippen LogP contribution in [0.3, 0.4) is 0 Å². The Morgan fingerprint density at radius 2 is 1.97 bits per heavy atom. The SMILES string of the molecule is CCNC(=NCc1nccn1Cc1ccccc1)NC1CN(C(=O)OC(C)(C)C)C1.I. The van der Waals surface area contributed by atoms with Crippen LogP contribution in [0.15, 0.2) is 47.7 Å². The molecule has 0 spiro atoms. The summed E-state index contributed by atoms with van der Waals surface area (Å²) in [4.78, 5) is 22.9.